The fourth-order valence-electron chi connectivity index (χ4n) is 3.79. The average Bonchev–Trinajstić information content (AvgIpc) is 3.42. The van der Waals surface area contributed by atoms with E-state index < -0.39 is 0 Å². The Bertz CT molecular complexity index is 945. The first-order chi connectivity index (χ1) is 14.2. The number of hydrogen-bond donors (Lipinski definition) is 2. The van der Waals surface area contributed by atoms with E-state index in [0.717, 1.165) is 24.1 Å². The lowest BCUT2D eigenvalue weighted by molar-refractivity contribution is -0.119. The molecule has 3 heterocycles. The molecule has 2 N–H and O–H groups in total. The SMILES string of the molecule is COCc1nc(-c2cccc(NC(=O)CC3(n4cccc4)CCOCC3)c2)n[nH]1. The molecule has 0 aliphatic carbocycles. The Morgan fingerprint density at radius 3 is 2.83 bits per heavy atom. The molecule has 4 rings (SSSR count). The predicted molar refractivity (Wildman–Crippen MR) is 108 cm³/mol. The van der Waals surface area contributed by atoms with Crippen LogP contribution in [0.1, 0.15) is 25.1 Å². The Labute approximate surface area is 169 Å². The number of aromatic nitrogens is 4. The Morgan fingerprint density at radius 1 is 1.28 bits per heavy atom. The molecule has 1 aliphatic heterocycles. The molecule has 1 saturated heterocycles. The van der Waals surface area contributed by atoms with Crippen LogP contribution in [0.5, 0.6) is 0 Å². The van der Waals surface area contributed by atoms with E-state index in [1.54, 1.807) is 7.11 Å². The number of H-pyrrole nitrogens is 1. The molecule has 0 atom stereocenters. The highest BCUT2D eigenvalue weighted by Crippen LogP contribution is 2.33. The summed E-state index contributed by atoms with van der Waals surface area (Å²) in [5.74, 6) is 1.21. The second-order valence-electron chi connectivity index (χ2n) is 7.27. The van der Waals surface area contributed by atoms with Gasteiger partial charge in [-0.1, -0.05) is 12.1 Å². The van der Waals surface area contributed by atoms with Gasteiger partial charge in [-0.05, 0) is 37.1 Å². The zero-order valence-corrected chi connectivity index (χ0v) is 16.4. The minimum absolute atomic E-state index is 0.0205. The number of amides is 1. The van der Waals surface area contributed by atoms with E-state index in [-0.39, 0.29) is 11.4 Å². The summed E-state index contributed by atoms with van der Waals surface area (Å²) in [7, 11) is 1.61. The van der Waals surface area contributed by atoms with Gasteiger partial charge in [0.2, 0.25) is 5.91 Å². The fraction of sp³-hybridized carbons (Fsp3) is 0.381. The summed E-state index contributed by atoms with van der Waals surface area (Å²) in [6.07, 6.45) is 6.08. The molecule has 1 aromatic carbocycles. The zero-order chi connectivity index (χ0) is 20.1. The van der Waals surface area contributed by atoms with Crippen molar-refractivity contribution in [2.45, 2.75) is 31.4 Å². The molecule has 1 amide bonds. The highest BCUT2D eigenvalue weighted by molar-refractivity contribution is 5.92. The zero-order valence-electron chi connectivity index (χ0n) is 16.4. The van der Waals surface area contributed by atoms with Crippen molar-refractivity contribution in [1.29, 1.82) is 0 Å². The number of benzene rings is 1. The van der Waals surface area contributed by atoms with Gasteiger partial charge in [0.1, 0.15) is 6.61 Å². The van der Waals surface area contributed by atoms with Crippen molar-refractivity contribution in [3.05, 3.63) is 54.6 Å². The van der Waals surface area contributed by atoms with Crippen LogP contribution >= 0.6 is 0 Å². The van der Waals surface area contributed by atoms with Crippen molar-refractivity contribution >= 4 is 11.6 Å². The number of aromatic amines is 1. The fourth-order valence-corrected chi connectivity index (χ4v) is 3.79. The number of hydrogen-bond acceptors (Lipinski definition) is 5. The van der Waals surface area contributed by atoms with Crippen molar-refractivity contribution in [2.75, 3.05) is 25.6 Å². The summed E-state index contributed by atoms with van der Waals surface area (Å²) >= 11 is 0. The van der Waals surface area contributed by atoms with Crippen LogP contribution in [0.2, 0.25) is 0 Å². The highest BCUT2D eigenvalue weighted by atomic mass is 16.5. The first-order valence-corrected chi connectivity index (χ1v) is 9.70. The van der Waals surface area contributed by atoms with E-state index in [1.807, 2.05) is 48.8 Å². The molecule has 0 radical (unpaired) electrons. The van der Waals surface area contributed by atoms with Crippen LogP contribution in [-0.2, 0) is 26.4 Å². The van der Waals surface area contributed by atoms with Gasteiger partial charge in [0.15, 0.2) is 11.6 Å². The Morgan fingerprint density at radius 2 is 2.07 bits per heavy atom. The second-order valence-corrected chi connectivity index (χ2v) is 7.27. The standard InChI is InChI=1S/C21H25N5O3/c1-28-15-18-23-20(25-24-18)16-5-4-6-17(13-16)22-19(27)14-21(7-11-29-12-8-21)26-9-2-3-10-26/h2-6,9-10,13H,7-8,11-12,14-15H2,1H3,(H,22,27)(H,23,24,25). The predicted octanol–water partition coefficient (Wildman–Crippen LogP) is 2.95. The summed E-state index contributed by atoms with van der Waals surface area (Å²) in [5, 5.41) is 10.1. The van der Waals surface area contributed by atoms with E-state index in [2.05, 4.69) is 25.1 Å². The van der Waals surface area contributed by atoms with Crippen molar-refractivity contribution in [2.24, 2.45) is 0 Å². The van der Waals surface area contributed by atoms with Crippen molar-refractivity contribution in [1.82, 2.24) is 19.7 Å². The van der Waals surface area contributed by atoms with Crippen molar-refractivity contribution in [3.63, 3.8) is 0 Å². The maximum atomic E-state index is 12.9. The first kappa shape index (κ1) is 19.4. The van der Waals surface area contributed by atoms with E-state index in [0.29, 0.717) is 37.9 Å². The minimum Gasteiger partial charge on any atom is -0.381 e. The maximum absolute atomic E-state index is 12.9. The topological polar surface area (TPSA) is 94.1 Å². The summed E-state index contributed by atoms with van der Waals surface area (Å²) < 4.78 is 12.7. The largest absolute Gasteiger partial charge is 0.381 e. The summed E-state index contributed by atoms with van der Waals surface area (Å²) in [4.78, 5) is 17.3. The normalized spacial score (nSPS) is 15.9. The summed E-state index contributed by atoms with van der Waals surface area (Å²) in [5.41, 5.74) is 1.30. The van der Waals surface area contributed by atoms with E-state index in [4.69, 9.17) is 9.47 Å². The van der Waals surface area contributed by atoms with Gasteiger partial charge in [-0.15, -0.1) is 0 Å². The molecule has 2 aromatic heterocycles. The van der Waals surface area contributed by atoms with Crippen LogP contribution in [0, 0.1) is 0 Å². The molecular formula is C21H25N5O3. The van der Waals surface area contributed by atoms with Crippen molar-refractivity contribution < 1.29 is 14.3 Å². The number of rotatable bonds is 7. The molecule has 8 heteroatoms. The molecule has 8 nitrogen and oxygen atoms in total. The molecule has 152 valence electrons. The van der Waals surface area contributed by atoms with Gasteiger partial charge in [0.25, 0.3) is 0 Å². The molecule has 1 aliphatic rings. The summed E-state index contributed by atoms with van der Waals surface area (Å²) in [6, 6.07) is 11.5. The van der Waals surface area contributed by atoms with Gasteiger partial charge in [0.05, 0.1) is 12.0 Å². The number of carbonyl (C=O) groups excluding carboxylic acids is 1. The minimum atomic E-state index is -0.248. The second kappa shape index (κ2) is 8.59. The van der Waals surface area contributed by atoms with Crippen LogP contribution in [0.4, 0.5) is 5.69 Å². The van der Waals surface area contributed by atoms with E-state index in [1.165, 1.54) is 0 Å². The van der Waals surface area contributed by atoms with Gasteiger partial charge < -0.3 is 19.4 Å². The molecule has 29 heavy (non-hydrogen) atoms. The molecule has 1 fully saturated rings. The average molecular weight is 395 g/mol. The smallest absolute Gasteiger partial charge is 0.226 e. The quantitative estimate of drug-likeness (QED) is 0.641. The number of ether oxygens (including phenoxy) is 2. The third-order valence-electron chi connectivity index (χ3n) is 5.28. The van der Waals surface area contributed by atoms with Crippen LogP contribution in [-0.4, -0.2) is 46.0 Å². The van der Waals surface area contributed by atoms with E-state index >= 15 is 0 Å². The van der Waals surface area contributed by atoms with Gasteiger partial charge in [0, 0.05) is 44.0 Å². The molecule has 3 aromatic rings. The number of nitrogens with one attached hydrogen (secondary N) is 2. The van der Waals surface area contributed by atoms with Crippen LogP contribution in [0.25, 0.3) is 11.4 Å². The molecule has 0 saturated carbocycles. The highest BCUT2D eigenvalue weighted by Gasteiger charge is 2.36. The number of anilines is 1. The van der Waals surface area contributed by atoms with Crippen LogP contribution < -0.4 is 5.32 Å². The van der Waals surface area contributed by atoms with Crippen LogP contribution in [0.15, 0.2) is 48.8 Å². The number of carbonyl (C=O) groups is 1. The van der Waals surface area contributed by atoms with Gasteiger partial charge in [-0.3, -0.25) is 9.89 Å². The third-order valence-corrected chi connectivity index (χ3v) is 5.28. The molecule has 0 bridgehead atoms. The molecule has 0 spiro atoms. The first-order valence-electron chi connectivity index (χ1n) is 9.70. The van der Waals surface area contributed by atoms with E-state index in [9.17, 15) is 4.79 Å². The molecular weight excluding hydrogens is 370 g/mol. The number of nitrogens with zero attached hydrogens (tertiary/aromatic N) is 3. The maximum Gasteiger partial charge on any atom is 0.226 e. The Hall–Kier alpha value is -2.97. The lowest BCUT2D eigenvalue weighted by Crippen LogP contribution is -2.42. The van der Waals surface area contributed by atoms with Gasteiger partial charge in [-0.2, -0.15) is 5.10 Å². The lowest BCUT2D eigenvalue weighted by atomic mass is 9.86. The van der Waals surface area contributed by atoms with Gasteiger partial charge in [-0.25, -0.2) is 4.98 Å². The third kappa shape index (κ3) is 4.38. The Kier molecular flexibility index (Phi) is 5.73. The Balaban J connectivity index is 1.48. The van der Waals surface area contributed by atoms with Gasteiger partial charge >= 0.3 is 0 Å². The monoisotopic (exact) mass is 395 g/mol. The summed E-state index contributed by atoms with van der Waals surface area (Å²) in [6.45, 7) is 1.69. The molecule has 0 unspecified atom stereocenters. The van der Waals surface area contributed by atoms with Crippen molar-refractivity contribution in [3.8, 4) is 11.4 Å². The lowest BCUT2D eigenvalue weighted by Gasteiger charge is -2.38. The van der Waals surface area contributed by atoms with Crippen LogP contribution in [0.3, 0.4) is 0 Å². The number of methoxy groups -OCH3 is 1.